The van der Waals surface area contributed by atoms with Crippen LogP contribution in [0.15, 0.2) is 54.9 Å². The highest BCUT2D eigenvalue weighted by Gasteiger charge is 2.30. The minimum atomic E-state index is -4.47. The number of fused-ring (bicyclic) bond motifs is 1. The SMILES string of the molecule is N#Cc1ccc(NCCOc2nc(-c3ccc(C(F)(F)F)cc3)cc3nc(C(=O)O)cn23)nc1. The molecule has 0 aliphatic carbocycles. The van der Waals surface area contributed by atoms with Gasteiger partial charge in [0.15, 0.2) is 5.69 Å². The molecule has 0 bridgehead atoms. The van der Waals surface area contributed by atoms with Gasteiger partial charge in [-0.15, -0.1) is 0 Å². The molecule has 3 heterocycles. The molecule has 3 aromatic heterocycles. The highest BCUT2D eigenvalue weighted by atomic mass is 19.4. The molecular weight excluding hydrogens is 453 g/mol. The molecule has 12 heteroatoms. The van der Waals surface area contributed by atoms with Crippen LogP contribution in [0.4, 0.5) is 19.0 Å². The monoisotopic (exact) mass is 468 g/mol. The van der Waals surface area contributed by atoms with Crippen molar-refractivity contribution < 1.29 is 27.8 Å². The average Bonchev–Trinajstić information content (AvgIpc) is 3.26. The third kappa shape index (κ3) is 4.88. The lowest BCUT2D eigenvalue weighted by Gasteiger charge is -2.11. The Morgan fingerprint density at radius 2 is 1.94 bits per heavy atom. The molecule has 0 spiro atoms. The lowest BCUT2D eigenvalue weighted by Crippen LogP contribution is -2.14. The van der Waals surface area contributed by atoms with Crippen LogP contribution in [0.1, 0.15) is 21.6 Å². The fourth-order valence-corrected chi connectivity index (χ4v) is 3.03. The van der Waals surface area contributed by atoms with Crippen LogP contribution < -0.4 is 10.1 Å². The Hall–Kier alpha value is -4.66. The first-order valence-corrected chi connectivity index (χ1v) is 9.78. The van der Waals surface area contributed by atoms with E-state index in [0.717, 1.165) is 12.1 Å². The number of imidazole rings is 1. The molecule has 4 aromatic rings. The Bertz CT molecular complexity index is 1380. The maximum absolute atomic E-state index is 12.9. The number of alkyl halides is 3. The van der Waals surface area contributed by atoms with Crippen LogP contribution in [-0.2, 0) is 6.18 Å². The third-order valence-electron chi connectivity index (χ3n) is 4.68. The molecule has 0 amide bonds. The Labute approximate surface area is 190 Å². The van der Waals surface area contributed by atoms with Gasteiger partial charge in [-0.3, -0.25) is 4.40 Å². The number of aromatic carboxylic acids is 1. The molecule has 0 radical (unpaired) electrons. The Morgan fingerprint density at radius 3 is 2.56 bits per heavy atom. The van der Waals surface area contributed by atoms with E-state index in [-0.39, 0.29) is 29.7 Å². The first-order valence-electron chi connectivity index (χ1n) is 9.78. The van der Waals surface area contributed by atoms with Crippen molar-refractivity contribution in [1.82, 2.24) is 19.4 Å². The second-order valence-corrected chi connectivity index (χ2v) is 6.98. The first-order chi connectivity index (χ1) is 16.2. The molecule has 1 aromatic carbocycles. The average molecular weight is 468 g/mol. The Kier molecular flexibility index (Phi) is 6.01. The number of pyridine rings is 1. The topological polar surface area (TPSA) is 125 Å². The third-order valence-corrected chi connectivity index (χ3v) is 4.68. The van der Waals surface area contributed by atoms with Crippen LogP contribution in [0.25, 0.3) is 16.9 Å². The smallest absolute Gasteiger partial charge is 0.416 e. The van der Waals surface area contributed by atoms with Crippen molar-refractivity contribution in [1.29, 1.82) is 5.26 Å². The second-order valence-electron chi connectivity index (χ2n) is 6.98. The van der Waals surface area contributed by atoms with Crippen LogP contribution in [-0.4, -0.2) is 43.6 Å². The summed E-state index contributed by atoms with van der Waals surface area (Å²) in [5.74, 6) is -0.728. The summed E-state index contributed by atoms with van der Waals surface area (Å²) in [4.78, 5) is 23.8. The lowest BCUT2D eigenvalue weighted by molar-refractivity contribution is -0.137. The number of hydrogen-bond acceptors (Lipinski definition) is 7. The standard InChI is InChI=1S/C22H15F3N6O3/c23-22(24,25)15-4-2-14(3-5-15)16-9-19-29-17(20(32)33)12-31(19)21(30-16)34-8-7-27-18-6-1-13(10-26)11-28-18/h1-6,9,11-12H,7-8H2,(H,27,28)(H,32,33). The van der Waals surface area contributed by atoms with Crippen LogP contribution >= 0.6 is 0 Å². The number of halogens is 3. The first kappa shape index (κ1) is 22.5. The zero-order chi connectivity index (χ0) is 24.3. The molecule has 2 N–H and O–H groups in total. The van der Waals surface area contributed by atoms with Gasteiger partial charge in [0.25, 0.3) is 0 Å². The minimum Gasteiger partial charge on any atom is -0.476 e. The van der Waals surface area contributed by atoms with Crippen molar-refractivity contribution in [3.63, 3.8) is 0 Å². The number of nitrogens with zero attached hydrogens (tertiary/aromatic N) is 5. The number of aromatic nitrogens is 4. The Balaban J connectivity index is 1.57. The predicted molar refractivity (Wildman–Crippen MR) is 113 cm³/mol. The second kappa shape index (κ2) is 9.07. The zero-order valence-corrected chi connectivity index (χ0v) is 17.2. The number of nitrogens with one attached hydrogen (secondary N) is 1. The normalized spacial score (nSPS) is 11.2. The fourth-order valence-electron chi connectivity index (χ4n) is 3.03. The van der Waals surface area contributed by atoms with Crippen molar-refractivity contribution in [3.8, 4) is 23.3 Å². The van der Waals surface area contributed by atoms with Crippen molar-refractivity contribution in [3.05, 3.63) is 71.7 Å². The van der Waals surface area contributed by atoms with Gasteiger partial charge in [0.2, 0.25) is 0 Å². The molecule has 0 unspecified atom stereocenters. The number of nitriles is 1. The highest BCUT2D eigenvalue weighted by Crippen LogP contribution is 2.31. The van der Waals surface area contributed by atoms with E-state index in [9.17, 15) is 23.1 Å². The van der Waals surface area contributed by atoms with Gasteiger partial charge < -0.3 is 15.2 Å². The van der Waals surface area contributed by atoms with Crippen LogP contribution in [0.5, 0.6) is 6.01 Å². The number of carboxylic acids is 1. The maximum atomic E-state index is 12.9. The van der Waals surface area contributed by atoms with E-state index < -0.39 is 17.7 Å². The van der Waals surface area contributed by atoms with E-state index in [1.54, 1.807) is 12.1 Å². The summed E-state index contributed by atoms with van der Waals surface area (Å²) in [6.07, 6.45) is -1.81. The maximum Gasteiger partial charge on any atom is 0.416 e. The van der Waals surface area contributed by atoms with Crippen molar-refractivity contribution in [2.45, 2.75) is 6.18 Å². The van der Waals surface area contributed by atoms with Crippen LogP contribution in [0.3, 0.4) is 0 Å². The number of benzene rings is 1. The van der Waals surface area contributed by atoms with E-state index in [1.165, 1.54) is 35.0 Å². The van der Waals surface area contributed by atoms with Gasteiger partial charge in [0, 0.05) is 24.0 Å². The van der Waals surface area contributed by atoms with Crippen LogP contribution in [0.2, 0.25) is 0 Å². The molecular formula is C22H15F3N6O3. The van der Waals surface area contributed by atoms with Crippen molar-refractivity contribution in [2.75, 3.05) is 18.5 Å². The van der Waals surface area contributed by atoms with Gasteiger partial charge >= 0.3 is 18.2 Å². The number of carbonyl (C=O) groups is 1. The Morgan fingerprint density at radius 1 is 1.18 bits per heavy atom. The van der Waals surface area contributed by atoms with Gasteiger partial charge in [-0.2, -0.15) is 23.4 Å². The van der Waals surface area contributed by atoms with E-state index in [0.29, 0.717) is 23.5 Å². The summed E-state index contributed by atoms with van der Waals surface area (Å²) in [7, 11) is 0. The van der Waals surface area contributed by atoms with E-state index >= 15 is 0 Å². The van der Waals surface area contributed by atoms with Gasteiger partial charge in [0.05, 0.1) is 23.4 Å². The number of anilines is 1. The lowest BCUT2D eigenvalue weighted by atomic mass is 10.1. The molecule has 0 atom stereocenters. The molecule has 4 rings (SSSR count). The fraction of sp³-hybridized carbons (Fsp3) is 0.136. The van der Waals surface area contributed by atoms with E-state index in [2.05, 4.69) is 20.3 Å². The van der Waals surface area contributed by atoms with Gasteiger partial charge in [-0.1, -0.05) is 12.1 Å². The van der Waals surface area contributed by atoms with Gasteiger partial charge in [-0.05, 0) is 24.3 Å². The molecule has 34 heavy (non-hydrogen) atoms. The summed E-state index contributed by atoms with van der Waals surface area (Å²) in [5.41, 5.74) is 0.226. The minimum absolute atomic E-state index is 0.0157. The van der Waals surface area contributed by atoms with Gasteiger partial charge in [-0.25, -0.2) is 14.8 Å². The predicted octanol–water partition coefficient (Wildman–Crippen LogP) is 3.87. The van der Waals surface area contributed by atoms with Crippen molar-refractivity contribution >= 4 is 17.4 Å². The largest absolute Gasteiger partial charge is 0.476 e. The van der Waals surface area contributed by atoms with E-state index in [1.807, 2.05) is 6.07 Å². The summed E-state index contributed by atoms with van der Waals surface area (Å²) >= 11 is 0. The zero-order valence-electron chi connectivity index (χ0n) is 17.2. The summed E-state index contributed by atoms with van der Waals surface area (Å²) < 4.78 is 45.7. The highest BCUT2D eigenvalue weighted by molar-refractivity contribution is 5.86. The molecule has 0 fully saturated rings. The summed E-state index contributed by atoms with van der Waals surface area (Å²) in [5, 5.41) is 21.1. The molecule has 0 saturated carbocycles. The van der Waals surface area contributed by atoms with Crippen molar-refractivity contribution in [2.24, 2.45) is 0 Å². The molecule has 0 aliphatic heterocycles. The molecule has 0 aliphatic rings. The summed E-state index contributed by atoms with van der Waals surface area (Å²) in [6, 6.07) is 11.1. The van der Waals surface area contributed by atoms with E-state index in [4.69, 9.17) is 10.00 Å². The number of ether oxygens (including phenoxy) is 1. The quantitative estimate of drug-likeness (QED) is 0.392. The number of hydrogen-bond donors (Lipinski definition) is 2. The van der Waals surface area contributed by atoms with Crippen LogP contribution in [0, 0.1) is 11.3 Å². The molecule has 9 nitrogen and oxygen atoms in total. The van der Waals surface area contributed by atoms with Gasteiger partial charge in [0.1, 0.15) is 24.1 Å². The molecule has 0 saturated heterocycles. The molecule has 172 valence electrons. The summed E-state index contributed by atoms with van der Waals surface area (Å²) in [6.45, 7) is 0.397. The number of rotatable bonds is 7. The number of carboxylic acid groups (broad SMARTS) is 1.